The Morgan fingerprint density at radius 3 is 2.19 bits per heavy atom. The van der Waals surface area contributed by atoms with Gasteiger partial charge in [0.05, 0.1) is 23.8 Å². The number of rotatable bonds is 3. The number of amides is 1. The van der Waals surface area contributed by atoms with Crippen LogP contribution in [-0.4, -0.2) is 12.0 Å². The predicted molar refractivity (Wildman–Crippen MR) is 81.3 cm³/mol. The number of carbonyl (C=O) groups excluding carboxylic acids is 1. The van der Waals surface area contributed by atoms with Crippen molar-refractivity contribution in [3.8, 4) is 0 Å². The molecule has 0 spiro atoms. The number of carbonyl (C=O) groups is 1. The molecule has 108 valence electrons. The van der Waals surface area contributed by atoms with Gasteiger partial charge < -0.3 is 5.73 Å². The zero-order chi connectivity index (χ0) is 14.8. The standard InChI is InChI=1S/C17H18N2O2/c1-12-15(17(18)20)16(13-8-4-2-5-9-13)19(21-12)14-10-6-3-7-11-14/h2-12,15-16H,1H3,(H2,18,20)/t12-,15-,16-/m0/s1. The second-order valence-electron chi connectivity index (χ2n) is 5.26. The molecule has 1 heterocycles. The van der Waals surface area contributed by atoms with Crippen molar-refractivity contribution in [1.29, 1.82) is 0 Å². The molecule has 0 saturated carbocycles. The lowest BCUT2D eigenvalue weighted by Crippen LogP contribution is -2.33. The zero-order valence-electron chi connectivity index (χ0n) is 11.8. The molecule has 0 bridgehead atoms. The summed E-state index contributed by atoms with van der Waals surface area (Å²) in [5.41, 5.74) is 7.55. The number of primary amides is 1. The van der Waals surface area contributed by atoms with Crippen LogP contribution in [0.15, 0.2) is 60.7 Å². The second kappa shape index (κ2) is 5.58. The fourth-order valence-corrected chi connectivity index (χ4v) is 2.89. The van der Waals surface area contributed by atoms with Gasteiger partial charge in [-0.3, -0.25) is 9.63 Å². The summed E-state index contributed by atoms with van der Waals surface area (Å²) < 4.78 is 0. The Balaban J connectivity index is 2.05. The smallest absolute Gasteiger partial charge is 0.225 e. The van der Waals surface area contributed by atoms with E-state index in [2.05, 4.69) is 0 Å². The van der Waals surface area contributed by atoms with Crippen molar-refractivity contribution in [2.24, 2.45) is 11.7 Å². The van der Waals surface area contributed by atoms with Gasteiger partial charge in [-0.1, -0.05) is 48.5 Å². The van der Waals surface area contributed by atoms with E-state index in [0.29, 0.717) is 0 Å². The van der Waals surface area contributed by atoms with E-state index in [0.717, 1.165) is 11.3 Å². The van der Waals surface area contributed by atoms with Crippen LogP contribution in [0, 0.1) is 5.92 Å². The van der Waals surface area contributed by atoms with E-state index in [1.54, 1.807) is 5.06 Å². The van der Waals surface area contributed by atoms with Crippen molar-refractivity contribution in [3.05, 3.63) is 66.2 Å². The summed E-state index contributed by atoms with van der Waals surface area (Å²) in [7, 11) is 0. The van der Waals surface area contributed by atoms with E-state index >= 15 is 0 Å². The molecule has 1 fully saturated rings. The van der Waals surface area contributed by atoms with Crippen molar-refractivity contribution < 1.29 is 9.63 Å². The molecule has 1 saturated heterocycles. The van der Waals surface area contributed by atoms with Gasteiger partial charge in [-0.05, 0) is 24.6 Å². The van der Waals surface area contributed by atoms with E-state index < -0.39 is 0 Å². The highest BCUT2D eigenvalue weighted by Gasteiger charge is 2.45. The summed E-state index contributed by atoms with van der Waals surface area (Å²) >= 11 is 0. The van der Waals surface area contributed by atoms with Gasteiger partial charge in [0, 0.05) is 0 Å². The Kier molecular flexibility index (Phi) is 3.62. The molecule has 2 aromatic rings. The first-order valence-corrected chi connectivity index (χ1v) is 7.04. The quantitative estimate of drug-likeness (QED) is 0.941. The minimum absolute atomic E-state index is 0.207. The third-order valence-corrected chi connectivity index (χ3v) is 3.86. The summed E-state index contributed by atoms with van der Waals surface area (Å²) in [5.74, 6) is -0.720. The average molecular weight is 282 g/mol. The van der Waals surface area contributed by atoms with E-state index in [9.17, 15) is 4.79 Å². The summed E-state index contributed by atoms with van der Waals surface area (Å²) in [5, 5.41) is 1.80. The fourth-order valence-electron chi connectivity index (χ4n) is 2.89. The highest BCUT2D eigenvalue weighted by Crippen LogP contribution is 2.41. The highest BCUT2D eigenvalue weighted by molar-refractivity contribution is 5.79. The summed E-state index contributed by atoms with van der Waals surface area (Å²) in [4.78, 5) is 17.8. The van der Waals surface area contributed by atoms with Crippen LogP contribution in [-0.2, 0) is 9.63 Å². The van der Waals surface area contributed by atoms with E-state index in [1.807, 2.05) is 67.6 Å². The van der Waals surface area contributed by atoms with Crippen LogP contribution in [0.1, 0.15) is 18.5 Å². The molecule has 0 aromatic heterocycles. The van der Waals surface area contributed by atoms with Crippen LogP contribution in [0.2, 0.25) is 0 Å². The van der Waals surface area contributed by atoms with Crippen molar-refractivity contribution in [2.75, 3.05) is 5.06 Å². The Hall–Kier alpha value is -2.33. The van der Waals surface area contributed by atoms with Crippen LogP contribution >= 0.6 is 0 Å². The van der Waals surface area contributed by atoms with Crippen LogP contribution in [0.3, 0.4) is 0 Å². The number of hydroxylamine groups is 1. The number of benzene rings is 2. The predicted octanol–water partition coefficient (Wildman–Crippen LogP) is 2.67. The first-order valence-electron chi connectivity index (χ1n) is 7.04. The van der Waals surface area contributed by atoms with Crippen LogP contribution < -0.4 is 10.8 Å². The van der Waals surface area contributed by atoms with Crippen LogP contribution in [0.5, 0.6) is 0 Å². The highest BCUT2D eigenvalue weighted by atomic mass is 16.7. The molecular formula is C17H18N2O2. The van der Waals surface area contributed by atoms with Crippen LogP contribution in [0.25, 0.3) is 0 Å². The molecule has 0 aliphatic carbocycles. The number of hydrogen-bond donors (Lipinski definition) is 1. The van der Waals surface area contributed by atoms with E-state index in [1.165, 1.54) is 0 Å². The SMILES string of the molecule is C[C@@H]1ON(c2ccccc2)[C@@H](c2ccccc2)[C@H]1C(N)=O. The third-order valence-electron chi connectivity index (χ3n) is 3.86. The summed E-state index contributed by atoms with van der Waals surface area (Å²) in [6, 6.07) is 19.4. The van der Waals surface area contributed by atoms with Gasteiger partial charge >= 0.3 is 0 Å². The Morgan fingerprint density at radius 2 is 1.62 bits per heavy atom. The minimum atomic E-state index is -0.382. The maximum absolute atomic E-state index is 11.9. The van der Waals surface area contributed by atoms with E-state index in [-0.39, 0.29) is 24.0 Å². The largest absolute Gasteiger partial charge is 0.369 e. The molecule has 1 amide bonds. The number of nitrogens with zero attached hydrogens (tertiary/aromatic N) is 1. The Bertz CT molecular complexity index is 615. The molecule has 4 nitrogen and oxygen atoms in total. The maximum atomic E-state index is 11.9. The molecule has 3 atom stereocenters. The monoisotopic (exact) mass is 282 g/mol. The molecule has 1 aliphatic heterocycles. The summed E-state index contributed by atoms with van der Waals surface area (Å²) in [6.07, 6.45) is -0.257. The zero-order valence-corrected chi connectivity index (χ0v) is 11.8. The number of hydrogen-bond acceptors (Lipinski definition) is 3. The molecule has 2 aromatic carbocycles. The van der Waals surface area contributed by atoms with Crippen molar-refractivity contribution >= 4 is 11.6 Å². The molecule has 0 unspecified atom stereocenters. The van der Waals surface area contributed by atoms with Crippen molar-refractivity contribution in [3.63, 3.8) is 0 Å². The first kappa shape index (κ1) is 13.6. The van der Waals surface area contributed by atoms with Crippen molar-refractivity contribution in [2.45, 2.75) is 19.1 Å². The Morgan fingerprint density at radius 1 is 1.05 bits per heavy atom. The lowest BCUT2D eigenvalue weighted by Gasteiger charge is -2.26. The molecule has 4 heteroatoms. The molecule has 0 radical (unpaired) electrons. The minimum Gasteiger partial charge on any atom is -0.369 e. The average Bonchev–Trinajstić information content (AvgIpc) is 2.86. The van der Waals surface area contributed by atoms with Gasteiger partial charge in [-0.2, -0.15) is 0 Å². The van der Waals surface area contributed by atoms with E-state index in [4.69, 9.17) is 10.6 Å². The molecule has 3 rings (SSSR count). The second-order valence-corrected chi connectivity index (χ2v) is 5.26. The molecule has 2 N–H and O–H groups in total. The molecular weight excluding hydrogens is 264 g/mol. The van der Waals surface area contributed by atoms with Gasteiger partial charge in [-0.25, -0.2) is 5.06 Å². The van der Waals surface area contributed by atoms with Gasteiger partial charge in [-0.15, -0.1) is 0 Å². The van der Waals surface area contributed by atoms with Crippen molar-refractivity contribution in [1.82, 2.24) is 0 Å². The number of nitrogens with two attached hydrogens (primary N) is 1. The van der Waals surface area contributed by atoms with Gasteiger partial charge in [0.25, 0.3) is 0 Å². The van der Waals surface area contributed by atoms with Gasteiger partial charge in [0.15, 0.2) is 0 Å². The maximum Gasteiger partial charge on any atom is 0.225 e. The molecule has 21 heavy (non-hydrogen) atoms. The molecule has 1 aliphatic rings. The fraction of sp³-hybridized carbons (Fsp3) is 0.235. The van der Waals surface area contributed by atoms with Gasteiger partial charge in [0.2, 0.25) is 5.91 Å². The summed E-state index contributed by atoms with van der Waals surface area (Å²) in [6.45, 7) is 1.88. The van der Waals surface area contributed by atoms with Crippen LogP contribution in [0.4, 0.5) is 5.69 Å². The van der Waals surface area contributed by atoms with Gasteiger partial charge in [0.1, 0.15) is 0 Å². The lowest BCUT2D eigenvalue weighted by molar-refractivity contribution is -0.123. The number of anilines is 1. The first-order chi connectivity index (χ1) is 10.2. The normalized spacial score (nSPS) is 25.0. The Labute approximate surface area is 124 Å². The third kappa shape index (κ3) is 2.50. The topological polar surface area (TPSA) is 55.6 Å². The lowest BCUT2D eigenvalue weighted by atomic mass is 9.89. The number of para-hydroxylation sites is 1.